The van der Waals surface area contributed by atoms with E-state index < -0.39 is 23.7 Å². The number of carboxylic acid groups (broad SMARTS) is 1. The molecule has 0 aromatic carbocycles. The first-order valence-corrected chi connectivity index (χ1v) is 10.1. The summed E-state index contributed by atoms with van der Waals surface area (Å²) in [5.74, 6) is -2.45. The number of halogens is 4. The van der Waals surface area contributed by atoms with Crippen molar-refractivity contribution in [1.29, 1.82) is 0 Å². The number of nitrogens with zero attached hydrogens (tertiary/aromatic N) is 2. The summed E-state index contributed by atoms with van der Waals surface area (Å²) in [6, 6.07) is 5.45. The van der Waals surface area contributed by atoms with Crippen LogP contribution in [0.5, 0.6) is 5.88 Å². The van der Waals surface area contributed by atoms with Gasteiger partial charge in [-0.2, -0.15) is 13.2 Å². The molecule has 0 radical (unpaired) electrons. The van der Waals surface area contributed by atoms with Gasteiger partial charge in [-0.1, -0.05) is 6.07 Å². The van der Waals surface area contributed by atoms with Crippen LogP contribution in [0.15, 0.2) is 24.4 Å². The van der Waals surface area contributed by atoms with E-state index in [0.717, 1.165) is 0 Å². The van der Waals surface area contributed by atoms with Crippen molar-refractivity contribution in [3.63, 3.8) is 0 Å². The molecule has 2 saturated heterocycles. The predicted octanol–water partition coefficient (Wildman–Crippen LogP) is 1.81. The van der Waals surface area contributed by atoms with Gasteiger partial charge in [0.2, 0.25) is 17.7 Å². The number of carboxylic acids is 1. The number of likely N-dealkylation sites (tertiary alicyclic amines) is 1. The number of rotatable bonds is 4. The Balaban J connectivity index is 0.000000360. The van der Waals surface area contributed by atoms with Gasteiger partial charge in [0, 0.05) is 43.7 Å². The Morgan fingerprint density at radius 2 is 2.00 bits per heavy atom. The van der Waals surface area contributed by atoms with Gasteiger partial charge in [-0.25, -0.2) is 14.2 Å². The van der Waals surface area contributed by atoms with Gasteiger partial charge < -0.3 is 20.1 Å². The average Bonchev–Trinajstić information content (AvgIpc) is 3.30. The number of nitrogens with one attached hydrogen (secondary N) is 1. The van der Waals surface area contributed by atoms with Gasteiger partial charge in [0.05, 0.1) is 12.0 Å². The fraction of sp³-hybridized carbons (Fsp3) is 0.600. The van der Waals surface area contributed by atoms with Crippen LogP contribution in [0.2, 0.25) is 0 Å². The van der Waals surface area contributed by atoms with Crippen LogP contribution in [-0.4, -0.2) is 71.4 Å². The van der Waals surface area contributed by atoms with E-state index in [1.165, 1.54) is 0 Å². The van der Waals surface area contributed by atoms with Crippen LogP contribution < -0.4 is 10.1 Å². The Morgan fingerprint density at radius 1 is 1.31 bits per heavy atom. The van der Waals surface area contributed by atoms with E-state index in [9.17, 15) is 27.2 Å². The number of pyridine rings is 1. The number of carbonyl (C=O) groups is 3. The number of alkyl halides is 4. The molecule has 3 fully saturated rings. The van der Waals surface area contributed by atoms with Gasteiger partial charge in [0.25, 0.3) is 0 Å². The molecule has 1 aromatic rings. The second-order valence-corrected chi connectivity index (χ2v) is 8.12. The zero-order valence-electron chi connectivity index (χ0n) is 17.0. The largest absolute Gasteiger partial charge is 0.490 e. The van der Waals surface area contributed by atoms with Crippen LogP contribution in [0, 0.1) is 17.3 Å². The molecule has 8 nitrogen and oxygen atoms in total. The van der Waals surface area contributed by atoms with E-state index in [1.54, 1.807) is 17.2 Å². The fourth-order valence-corrected chi connectivity index (χ4v) is 4.16. The lowest BCUT2D eigenvalue weighted by atomic mass is 9.77. The summed E-state index contributed by atoms with van der Waals surface area (Å²) in [7, 11) is 0. The number of amides is 2. The third-order valence-corrected chi connectivity index (χ3v) is 6.10. The van der Waals surface area contributed by atoms with E-state index in [0.29, 0.717) is 51.4 Å². The Morgan fingerprint density at radius 3 is 2.56 bits per heavy atom. The van der Waals surface area contributed by atoms with E-state index in [-0.39, 0.29) is 23.7 Å². The first-order chi connectivity index (χ1) is 15.0. The summed E-state index contributed by atoms with van der Waals surface area (Å²) in [6.07, 6.45) is -3.00. The lowest BCUT2D eigenvalue weighted by molar-refractivity contribution is -0.192. The van der Waals surface area contributed by atoms with Crippen molar-refractivity contribution in [2.24, 2.45) is 17.3 Å². The minimum Gasteiger partial charge on any atom is -0.477 e. The van der Waals surface area contributed by atoms with Crippen LogP contribution in [0.1, 0.15) is 19.3 Å². The summed E-state index contributed by atoms with van der Waals surface area (Å²) >= 11 is 0. The van der Waals surface area contributed by atoms with E-state index in [2.05, 4.69) is 10.3 Å². The summed E-state index contributed by atoms with van der Waals surface area (Å²) < 4.78 is 50.5. The minimum absolute atomic E-state index is 0.00452. The van der Waals surface area contributed by atoms with Gasteiger partial charge in [-0.3, -0.25) is 9.59 Å². The smallest absolute Gasteiger partial charge is 0.477 e. The van der Waals surface area contributed by atoms with Crippen LogP contribution >= 0.6 is 0 Å². The van der Waals surface area contributed by atoms with Crippen LogP contribution in [0.25, 0.3) is 0 Å². The second-order valence-electron chi connectivity index (χ2n) is 8.12. The van der Waals surface area contributed by atoms with Gasteiger partial charge in [0.15, 0.2) is 0 Å². The third kappa shape index (κ3) is 5.10. The molecular formula is C20H23F4N3O5. The first-order valence-electron chi connectivity index (χ1n) is 10.1. The normalized spacial score (nSPS) is 29.1. The van der Waals surface area contributed by atoms with Gasteiger partial charge in [-0.05, 0) is 25.3 Å². The van der Waals surface area contributed by atoms with Gasteiger partial charge >= 0.3 is 12.1 Å². The Hall–Kier alpha value is -2.92. The topological polar surface area (TPSA) is 109 Å². The van der Waals surface area contributed by atoms with Crippen molar-refractivity contribution in [3.8, 4) is 5.88 Å². The van der Waals surface area contributed by atoms with Crippen molar-refractivity contribution in [2.75, 3.05) is 26.2 Å². The van der Waals surface area contributed by atoms with Gasteiger partial charge in [-0.15, -0.1) is 0 Å². The molecule has 0 unspecified atom stereocenters. The summed E-state index contributed by atoms with van der Waals surface area (Å²) in [4.78, 5) is 39.8. The number of hydrogen-bond donors (Lipinski definition) is 2. The molecule has 12 heteroatoms. The highest BCUT2D eigenvalue weighted by atomic mass is 19.4. The van der Waals surface area contributed by atoms with Crippen molar-refractivity contribution in [2.45, 2.75) is 31.6 Å². The quantitative estimate of drug-likeness (QED) is 0.662. The summed E-state index contributed by atoms with van der Waals surface area (Å²) in [5.41, 5.74) is -0.594. The predicted molar refractivity (Wildman–Crippen MR) is 101 cm³/mol. The lowest BCUT2D eigenvalue weighted by Crippen LogP contribution is -2.45. The molecule has 2 aliphatic heterocycles. The molecule has 1 saturated carbocycles. The van der Waals surface area contributed by atoms with Gasteiger partial charge in [0.1, 0.15) is 6.17 Å². The number of carbonyl (C=O) groups excluding carboxylic acids is 2. The molecule has 1 spiro atoms. The molecule has 3 heterocycles. The monoisotopic (exact) mass is 461 g/mol. The maximum absolute atomic E-state index is 13.0. The Kier molecular flexibility index (Phi) is 6.89. The molecular weight excluding hydrogens is 438 g/mol. The number of aliphatic carboxylic acids is 1. The van der Waals surface area contributed by atoms with Crippen molar-refractivity contribution < 1.29 is 41.8 Å². The molecule has 3 aliphatic rings. The maximum atomic E-state index is 13.0. The molecule has 2 N–H and O–H groups in total. The van der Waals surface area contributed by atoms with E-state index in [4.69, 9.17) is 14.6 Å². The average molecular weight is 461 g/mol. The van der Waals surface area contributed by atoms with Crippen molar-refractivity contribution >= 4 is 17.8 Å². The zero-order chi connectivity index (χ0) is 23.5. The summed E-state index contributed by atoms with van der Waals surface area (Å²) in [5, 5.41) is 10.1. The molecule has 4 rings (SSSR count). The first kappa shape index (κ1) is 23.7. The number of hydrogen-bond acceptors (Lipinski definition) is 5. The lowest BCUT2D eigenvalue weighted by Gasteiger charge is -2.33. The maximum Gasteiger partial charge on any atom is 0.490 e. The number of aromatic nitrogens is 1. The molecule has 2 amide bonds. The highest BCUT2D eigenvalue weighted by molar-refractivity contribution is 5.88. The molecule has 1 aliphatic carbocycles. The fourth-order valence-electron chi connectivity index (χ4n) is 4.16. The Labute approximate surface area is 180 Å². The third-order valence-electron chi connectivity index (χ3n) is 6.10. The van der Waals surface area contributed by atoms with Crippen LogP contribution in [0.4, 0.5) is 17.6 Å². The molecule has 1 aromatic heterocycles. The second kappa shape index (κ2) is 9.29. The van der Waals surface area contributed by atoms with E-state index in [1.807, 2.05) is 12.1 Å². The van der Waals surface area contributed by atoms with Crippen molar-refractivity contribution in [3.05, 3.63) is 24.4 Å². The van der Waals surface area contributed by atoms with Crippen LogP contribution in [0.3, 0.4) is 0 Å². The minimum atomic E-state index is -5.08. The van der Waals surface area contributed by atoms with Crippen molar-refractivity contribution in [1.82, 2.24) is 15.2 Å². The molecule has 0 bridgehead atoms. The number of ether oxygens (including phenoxy) is 1. The van der Waals surface area contributed by atoms with Crippen LogP contribution in [-0.2, 0) is 14.4 Å². The summed E-state index contributed by atoms with van der Waals surface area (Å²) in [6.45, 7) is 1.89. The SMILES string of the molecule is O=C(C1CC(F)C1)N1CC[C@]2(C1)C(=O)NC[C@@H]2COc1ccccn1.O=C(O)C(F)(F)F. The molecule has 32 heavy (non-hydrogen) atoms. The zero-order valence-corrected chi connectivity index (χ0v) is 17.0. The highest BCUT2D eigenvalue weighted by Gasteiger charge is 2.56. The Bertz CT molecular complexity index is 847. The van der Waals surface area contributed by atoms with E-state index >= 15 is 0 Å². The molecule has 2 atom stereocenters. The highest BCUT2D eigenvalue weighted by Crippen LogP contribution is 2.43. The standard InChI is InChI=1S/C18H22FN3O3.C2HF3O2/c19-14-7-12(8-14)16(23)22-6-4-18(11-22)13(9-21-17(18)24)10-25-15-3-1-2-5-20-15;3-2(4,5)1(6)7/h1-3,5,12-14H,4,6-11H2,(H,21,24);(H,6,7)/t12?,13-,14?,18-;/m1./s1. The molecule has 176 valence electrons.